The molecule has 3 nitrogen and oxygen atoms in total. The van der Waals surface area contributed by atoms with Crippen LogP contribution in [0.2, 0.25) is 0 Å². The Bertz CT molecular complexity index is 685. The first-order valence-electron chi connectivity index (χ1n) is 9.07. The zero-order chi connectivity index (χ0) is 16.6. The van der Waals surface area contributed by atoms with Gasteiger partial charge in [-0.3, -0.25) is 0 Å². The van der Waals surface area contributed by atoms with Gasteiger partial charge in [0.2, 0.25) is 0 Å². The third-order valence-electron chi connectivity index (χ3n) is 5.15. The maximum Gasteiger partial charge on any atom is 0.115 e. The van der Waals surface area contributed by atoms with Crippen molar-refractivity contribution in [3.8, 4) is 0 Å². The quantitative estimate of drug-likeness (QED) is 0.905. The van der Waals surface area contributed by atoms with E-state index in [2.05, 4.69) is 56.6 Å². The number of benzene rings is 1. The fourth-order valence-corrected chi connectivity index (χ4v) is 3.63. The van der Waals surface area contributed by atoms with Crippen LogP contribution in [-0.4, -0.2) is 22.1 Å². The first kappa shape index (κ1) is 16.5. The fourth-order valence-electron chi connectivity index (χ4n) is 3.63. The lowest BCUT2D eigenvalue weighted by atomic mass is 9.95. The Balaban J connectivity index is 1.96. The van der Waals surface area contributed by atoms with E-state index in [1.54, 1.807) is 0 Å². The van der Waals surface area contributed by atoms with Crippen LogP contribution < -0.4 is 5.32 Å². The van der Waals surface area contributed by atoms with E-state index >= 15 is 0 Å². The van der Waals surface area contributed by atoms with Gasteiger partial charge in [-0.2, -0.15) is 0 Å². The van der Waals surface area contributed by atoms with E-state index in [0.29, 0.717) is 6.04 Å². The van der Waals surface area contributed by atoms with Crippen LogP contribution in [0.1, 0.15) is 63.4 Å². The van der Waals surface area contributed by atoms with E-state index in [1.165, 1.54) is 54.7 Å². The Hall–Kier alpha value is -1.35. The molecule has 0 radical (unpaired) electrons. The van der Waals surface area contributed by atoms with Gasteiger partial charge in [0.1, 0.15) is 5.82 Å². The summed E-state index contributed by atoms with van der Waals surface area (Å²) in [7, 11) is 0. The largest absolute Gasteiger partial charge is 0.327 e. The van der Waals surface area contributed by atoms with Crippen LogP contribution in [-0.2, 0) is 12.0 Å². The highest BCUT2D eigenvalue weighted by atomic mass is 15.1. The summed E-state index contributed by atoms with van der Waals surface area (Å²) in [4.78, 5) is 4.99. The minimum Gasteiger partial charge on any atom is -0.327 e. The van der Waals surface area contributed by atoms with Crippen LogP contribution in [0.25, 0.3) is 11.0 Å². The van der Waals surface area contributed by atoms with Gasteiger partial charge in [0.15, 0.2) is 0 Å². The second kappa shape index (κ2) is 6.27. The SMILES string of the molecule is Cc1cc2nc(C(C)(C)C)n(CCC3CCCCN3)c2cc1C. The number of aromatic nitrogens is 2. The van der Waals surface area contributed by atoms with Crippen molar-refractivity contribution in [1.29, 1.82) is 0 Å². The maximum atomic E-state index is 4.99. The molecule has 1 aliphatic heterocycles. The van der Waals surface area contributed by atoms with Crippen LogP contribution >= 0.6 is 0 Å². The smallest absolute Gasteiger partial charge is 0.115 e. The summed E-state index contributed by atoms with van der Waals surface area (Å²) in [5.74, 6) is 1.22. The standard InChI is InChI=1S/C20H31N3/c1-14-12-17-18(13-15(14)2)23(19(22-17)20(3,4)5)11-9-16-8-6-7-10-21-16/h12-13,16,21H,6-11H2,1-5H3. The molecule has 1 atom stereocenters. The van der Waals surface area contributed by atoms with E-state index in [4.69, 9.17) is 4.98 Å². The van der Waals surface area contributed by atoms with Crippen molar-refractivity contribution in [3.05, 3.63) is 29.1 Å². The molecule has 126 valence electrons. The molecule has 2 aromatic rings. The zero-order valence-electron chi connectivity index (χ0n) is 15.4. The lowest BCUT2D eigenvalue weighted by molar-refractivity contribution is 0.362. The molecule has 3 rings (SSSR count). The van der Waals surface area contributed by atoms with Crippen molar-refractivity contribution < 1.29 is 0 Å². The van der Waals surface area contributed by atoms with Gasteiger partial charge in [-0.1, -0.05) is 27.2 Å². The summed E-state index contributed by atoms with van der Waals surface area (Å²) in [6.45, 7) is 13.4. The van der Waals surface area contributed by atoms with Gasteiger partial charge in [0.25, 0.3) is 0 Å². The molecule has 1 fully saturated rings. The Morgan fingerprint density at radius 3 is 2.57 bits per heavy atom. The summed E-state index contributed by atoms with van der Waals surface area (Å²) < 4.78 is 2.47. The molecule has 0 saturated carbocycles. The molecule has 0 aliphatic carbocycles. The zero-order valence-corrected chi connectivity index (χ0v) is 15.4. The molecular weight excluding hydrogens is 282 g/mol. The molecule has 0 amide bonds. The van der Waals surface area contributed by atoms with Crippen LogP contribution in [0, 0.1) is 13.8 Å². The Kier molecular flexibility index (Phi) is 4.50. The second-order valence-corrected chi connectivity index (χ2v) is 8.20. The van der Waals surface area contributed by atoms with Crippen LogP contribution in [0.3, 0.4) is 0 Å². The minimum absolute atomic E-state index is 0.0703. The molecule has 3 heteroatoms. The summed E-state index contributed by atoms with van der Waals surface area (Å²) in [5, 5.41) is 3.67. The van der Waals surface area contributed by atoms with Gasteiger partial charge in [-0.15, -0.1) is 0 Å². The Morgan fingerprint density at radius 2 is 1.91 bits per heavy atom. The van der Waals surface area contributed by atoms with Crippen LogP contribution in [0.4, 0.5) is 0 Å². The third-order valence-corrected chi connectivity index (χ3v) is 5.15. The van der Waals surface area contributed by atoms with Crippen molar-refractivity contribution in [3.63, 3.8) is 0 Å². The number of nitrogens with zero attached hydrogens (tertiary/aromatic N) is 2. The van der Waals surface area contributed by atoms with Crippen LogP contribution in [0.15, 0.2) is 12.1 Å². The number of nitrogens with one attached hydrogen (secondary N) is 1. The molecule has 0 bridgehead atoms. The van der Waals surface area contributed by atoms with Crippen molar-refractivity contribution >= 4 is 11.0 Å². The highest BCUT2D eigenvalue weighted by Gasteiger charge is 2.24. The third kappa shape index (κ3) is 3.45. The molecule has 2 heterocycles. The number of hydrogen-bond donors (Lipinski definition) is 1. The van der Waals surface area contributed by atoms with E-state index in [-0.39, 0.29) is 5.41 Å². The number of aryl methyl sites for hydroxylation is 3. The Morgan fingerprint density at radius 1 is 1.17 bits per heavy atom. The van der Waals surface area contributed by atoms with Gasteiger partial charge in [0, 0.05) is 18.0 Å². The summed E-state index contributed by atoms with van der Waals surface area (Å²) >= 11 is 0. The van der Waals surface area contributed by atoms with Gasteiger partial charge in [-0.25, -0.2) is 4.98 Å². The van der Waals surface area contributed by atoms with Crippen molar-refractivity contribution in [2.24, 2.45) is 0 Å². The summed E-state index contributed by atoms with van der Waals surface area (Å²) in [6.07, 6.45) is 5.21. The predicted octanol–water partition coefficient (Wildman–Crippen LogP) is 4.48. The van der Waals surface area contributed by atoms with E-state index in [1.807, 2.05) is 0 Å². The lowest BCUT2D eigenvalue weighted by Crippen LogP contribution is -2.35. The highest BCUT2D eigenvalue weighted by Crippen LogP contribution is 2.29. The van der Waals surface area contributed by atoms with Crippen molar-refractivity contribution in [2.45, 2.75) is 78.3 Å². The molecule has 1 aliphatic rings. The van der Waals surface area contributed by atoms with Crippen molar-refractivity contribution in [2.75, 3.05) is 6.54 Å². The predicted molar refractivity (Wildman–Crippen MR) is 98.2 cm³/mol. The first-order chi connectivity index (χ1) is 10.9. The average Bonchev–Trinajstić information content (AvgIpc) is 2.85. The molecule has 0 spiro atoms. The monoisotopic (exact) mass is 313 g/mol. The second-order valence-electron chi connectivity index (χ2n) is 8.20. The average molecular weight is 313 g/mol. The molecule has 1 N–H and O–H groups in total. The van der Waals surface area contributed by atoms with E-state index in [0.717, 1.165) is 12.1 Å². The molecule has 1 aromatic heterocycles. The number of piperidine rings is 1. The van der Waals surface area contributed by atoms with Gasteiger partial charge < -0.3 is 9.88 Å². The summed E-state index contributed by atoms with van der Waals surface area (Å²) in [5.41, 5.74) is 5.20. The maximum absolute atomic E-state index is 4.99. The van der Waals surface area contributed by atoms with Crippen molar-refractivity contribution in [1.82, 2.24) is 14.9 Å². The molecule has 1 aromatic carbocycles. The number of rotatable bonds is 3. The van der Waals surface area contributed by atoms with Gasteiger partial charge >= 0.3 is 0 Å². The fraction of sp³-hybridized carbons (Fsp3) is 0.650. The number of fused-ring (bicyclic) bond motifs is 1. The van der Waals surface area contributed by atoms with E-state index in [9.17, 15) is 0 Å². The molecular formula is C20H31N3. The van der Waals surface area contributed by atoms with E-state index < -0.39 is 0 Å². The molecule has 1 unspecified atom stereocenters. The minimum atomic E-state index is 0.0703. The van der Waals surface area contributed by atoms with Gasteiger partial charge in [-0.05, 0) is 62.9 Å². The topological polar surface area (TPSA) is 29.9 Å². The number of hydrogen-bond acceptors (Lipinski definition) is 2. The summed E-state index contributed by atoms with van der Waals surface area (Å²) in [6, 6.07) is 5.23. The normalized spacial score (nSPS) is 19.4. The highest BCUT2D eigenvalue weighted by molar-refractivity contribution is 5.78. The molecule has 1 saturated heterocycles. The molecule has 23 heavy (non-hydrogen) atoms. The lowest BCUT2D eigenvalue weighted by Gasteiger charge is -2.25. The first-order valence-corrected chi connectivity index (χ1v) is 9.07. The van der Waals surface area contributed by atoms with Gasteiger partial charge in [0.05, 0.1) is 11.0 Å². The van der Waals surface area contributed by atoms with Crippen LogP contribution in [0.5, 0.6) is 0 Å². The Labute approximate surface area is 140 Å². The number of imidazole rings is 1.